The van der Waals surface area contributed by atoms with E-state index in [9.17, 15) is 14.4 Å². The Balaban J connectivity index is 1.86. The number of hydrogen-bond donors (Lipinski definition) is 3. The smallest absolute Gasteiger partial charge is 0.327 e. The summed E-state index contributed by atoms with van der Waals surface area (Å²) in [5, 5.41) is 16.0. The van der Waals surface area contributed by atoms with Crippen molar-refractivity contribution < 1.29 is 23.9 Å². The normalized spacial score (nSPS) is 11.5. The van der Waals surface area contributed by atoms with Gasteiger partial charge in [-0.2, -0.15) is 0 Å². The van der Waals surface area contributed by atoms with E-state index in [1.165, 1.54) is 0 Å². The summed E-state index contributed by atoms with van der Waals surface area (Å²) in [4.78, 5) is 34.0. The molecule has 3 N–H and O–H groups in total. The Hall–Kier alpha value is -3.23. The molecule has 126 valence electrons. The fourth-order valence-corrected chi connectivity index (χ4v) is 1.93. The van der Waals surface area contributed by atoms with Crippen LogP contribution < -0.4 is 10.9 Å². The summed E-state index contributed by atoms with van der Waals surface area (Å²) < 4.78 is 5.23. The zero-order valence-corrected chi connectivity index (χ0v) is 12.9. The predicted octanol–water partition coefficient (Wildman–Crippen LogP) is 0.998. The Labute approximate surface area is 137 Å². The molecule has 1 aromatic heterocycles. The summed E-state index contributed by atoms with van der Waals surface area (Å²) in [5.41, 5.74) is 4.98. The molecule has 1 unspecified atom stereocenters. The van der Waals surface area contributed by atoms with Gasteiger partial charge >= 0.3 is 17.8 Å². The number of hydrazine groups is 1. The molecule has 24 heavy (non-hydrogen) atoms. The lowest BCUT2D eigenvalue weighted by atomic mass is 10.0. The molecule has 9 heteroatoms. The minimum absolute atomic E-state index is 0.0360. The summed E-state index contributed by atoms with van der Waals surface area (Å²) in [6, 6.07) is 8.91. The number of amides is 2. The Kier molecular flexibility index (Phi) is 5.61. The number of carbonyl (C=O) groups excluding carboxylic acids is 2. The van der Waals surface area contributed by atoms with E-state index in [0.29, 0.717) is 5.56 Å². The van der Waals surface area contributed by atoms with Crippen molar-refractivity contribution in [3.8, 4) is 11.5 Å². The number of nitrogens with zero attached hydrogens (tertiary/aromatic N) is 2. The van der Waals surface area contributed by atoms with Gasteiger partial charge in [0, 0.05) is 18.4 Å². The fourth-order valence-electron chi connectivity index (χ4n) is 1.93. The van der Waals surface area contributed by atoms with E-state index >= 15 is 0 Å². The average molecular weight is 332 g/mol. The molecule has 2 aromatic rings. The summed E-state index contributed by atoms with van der Waals surface area (Å²) in [5.74, 6) is -2.73. The maximum atomic E-state index is 11.8. The first-order chi connectivity index (χ1) is 11.5. The van der Waals surface area contributed by atoms with Crippen LogP contribution >= 0.6 is 0 Å². The quantitative estimate of drug-likeness (QED) is 0.672. The van der Waals surface area contributed by atoms with Gasteiger partial charge < -0.3 is 9.52 Å². The minimum Gasteiger partial charge on any atom is -0.481 e. The summed E-state index contributed by atoms with van der Waals surface area (Å²) >= 11 is 0. The van der Waals surface area contributed by atoms with E-state index in [2.05, 4.69) is 21.0 Å². The van der Waals surface area contributed by atoms with E-state index in [1.807, 2.05) is 6.07 Å². The zero-order chi connectivity index (χ0) is 17.5. The molecule has 2 amide bonds. The van der Waals surface area contributed by atoms with Crippen LogP contribution in [0.3, 0.4) is 0 Å². The van der Waals surface area contributed by atoms with Gasteiger partial charge in [0.05, 0.1) is 0 Å². The van der Waals surface area contributed by atoms with Gasteiger partial charge in [-0.3, -0.25) is 25.2 Å². The van der Waals surface area contributed by atoms with Crippen LogP contribution in [0.15, 0.2) is 34.7 Å². The molecule has 1 aromatic carbocycles. The number of hydrogen-bond acceptors (Lipinski definition) is 6. The van der Waals surface area contributed by atoms with Crippen LogP contribution in [-0.2, 0) is 9.59 Å². The Morgan fingerprint density at radius 2 is 1.83 bits per heavy atom. The molecular weight excluding hydrogens is 316 g/mol. The number of rotatable bonds is 6. The Morgan fingerprint density at radius 1 is 1.12 bits per heavy atom. The second-order valence-electron chi connectivity index (χ2n) is 5.19. The molecule has 0 aliphatic heterocycles. The maximum absolute atomic E-state index is 11.8. The van der Waals surface area contributed by atoms with Gasteiger partial charge in [0.1, 0.15) is 0 Å². The van der Waals surface area contributed by atoms with Crippen molar-refractivity contribution in [3.05, 3.63) is 36.2 Å². The molecule has 0 saturated carbocycles. The number of nitrogens with one attached hydrogen (secondary N) is 2. The number of benzene rings is 1. The lowest BCUT2D eigenvalue weighted by Crippen LogP contribution is -2.42. The highest BCUT2D eigenvalue weighted by Crippen LogP contribution is 2.16. The first-order valence-electron chi connectivity index (χ1n) is 7.15. The number of carboxylic acids is 1. The highest BCUT2D eigenvalue weighted by atomic mass is 16.4. The van der Waals surface area contributed by atoms with Crippen molar-refractivity contribution in [1.29, 1.82) is 0 Å². The van der Waals surface area contributed by atoms with Gasteiger partial charge in [0.15, 0.2) is 0 Å². The van der Waals surface area contributed by atoms with E-state index in [1.54, 1.807) is 31.2 Å². The van der Waals surface area contributed by atoms with Crippen molar-refractivity contribution in [2.45, 2.75) is 19.8 Å². The van der Waals surface area contributed by atoms with E-state index in [0.717, 1.165) is 0 Å². The van der Waals surface area contributed by atoms with E-state index < -0.39 is 17.8 Å². The SMILES string of the molecule is CC(CC(=O)O)CC(=O)NNC(=O)c1nnc(-c2ccccc2)o1. The molecule has 1 atom stereocenters. The average Bonchev–Trinajstić information content (AvgIpc) is 3.02. The van der Waals surface area contributed by atoms with Crippen molar-refractivity contribution in [2.24, 2.45) is 5.92 Å². The molecule has 0 aliphatic carbocycles. The number of aliphatic carboxylic acids is 1. The van der Waals surface area contributed by atoms with Crippen LogP contribution in [0.1, 0.15) is 30.5 Å². The van der Waals surface area contributed by atoms with Crippen LogP contribution in [-0.4, -0.2) is 33.1 Å². The third-order valence-corrected chi connectivity index (χ3v) is 3.01. The van der Waals surface area contributed by atoms with Gasteiger partial charge in [0.2, 0.25) is 11.8 Å². The van der Waals surface area contributed by atoms with Crippen LogP contribution in [0.5, 0.6) is 0 Å². The van der Waals surface area contributed by atoms with Crippen molar-refractivity contribution in [2.75, 3.05) is 0 Å². The van der Waals surface area contributed by atoms with E-state index in [-0.39, 0.29) is 30.5 Å². The van der Waals surface area contributed by atoms with Crippen molar-refractivity contribution in [3.63, 3.8) is 0 Å². The number of aromatic nitrogens is 2. The van der Waals surface area contributed by atoms with Crippen LogP contribution in [0.2, 0.25) is 0 Å². The zero-order valence-electron chi connectivity index (χ0n) is 12.9. The lowest BCUT2D eigenvalue weighted by Gasteiger charge is -2.09. The largest absolute Gasteiger partial charge is 0.481 e. The van der Waals surface area contributed by atoms with Gasteiger partial charge in [0.25, 0.3) is 0 Å². The van der Waals surface area contributed by atoms with Gasteiger partial charge in [-0.25, -0.2) is 0 Å². The Bertz CT molecular complexity index is 728. The molecule has 1 heterocycles. The Morgan fingerprint density at radius 3 is 2.50 bits per heavy atom. The predicted molar refractivity (Wildman–Crippen MR) is 81.4 cm³/mol. The van der Waals surface area contributed by atoms with Crippen molar-refractivity contribution in [1.82, 2.24) is 21.0 Å². The standard InChI is InChI=1S/C15H16N4O5/c1-9(8-12(21)22)7-11(20)16-17-13(23)15-19-18-14(24-15)10-5-3-2-4-6-10/h2-6,9H,7-8H2,1H3,(H,16,20)(H,17,23)(H,21,22). The monoisotopic (exact) mass is 332 g/mol. The topological polar surface area (TPSA) is 134 Å². The highest BCUT2D eigenvalue weighted by molar-refractivity contribution is 5.91. The second kappa shape index (κ2) is 7.86. The first kappa shape index (κ1) is 17.1. The minimum atomic E-state index is -0.987. The number of carbonyl (C=O) groups is 3. The third-order valence-electron chi connectivity index (χ3n) is 3.01. The van der Waals surface area contributed by atoms with Crippen LogP contribution in [0.25, 0.3) is 11.5 Å². The summed E-state index contributed by atoms with van der Waals surface area (Å²) in [6.07, 6.45) is -0.170. The molecule has 0 spiro atoms. The number of carboxylic acid groups (broad SMARTS) is 1. The second-order valence-corrected chi connectivity index (χ2v) is 5.19. The molecular formula is C15H16N4O5. The summed E-state index contributed by atoms with van der Waals surface area (Å²) in [7, 11) is 0. The lowest BCUT2D eigenvalue weighted by molar-refractivity contribution is -0.138. The van der Waals surface area contributed by atoms with Crippen LogP contribution in [0.4, 0.5) is 0 Å². The molecule has 0 radical (unpaired) electrons. The third kappa shape index (κ3) is 4.90. The van der Waals surface area contributed by atoms with Gasteiger partial charge in [-0.05, 0) is 18.1 Å². The first-order valence-corrected chi connectivity index (χ1v) is 7.15. The molecule has 0 saturated heterocycles. The fraction of sp³-hybridized carbons (Fsp3) is 0.267. The molecule has 0 fully saturated rings. The highest BCUT2D eigenvalue weighted by Gasteiger charge is 2.17. The van der Waals surface area contributed by atoms with Crippen molar-refractivity contribution >= 4 is 17.8 Å². The molecule has 0 bridgehead atoms. The van der Waals surface area contributed by atoms with Crippen LogP contribution in [0, 0.1) is 5.92 Å². The van der Waals surface area contributed by atoms with E-state index in [4.69, 9.17) is 9.52 Å². The molecule has 2 rings (SSSR count). The molecule has 9 nitrogen and oxygen atoms in total. The molecule has 0 aliphatic rings. The van der Waals surface area contributed by atoms with Gasteiger partial charge in [-0.1, -0.05) is 25.1 Å². The maximum Gasteiger partial charge on any atom is 0.327 e. The van der Waals surface area contributed by atoms with Gasteiger partial charge in [-0.15, -0.1) is 10.2 Å². The summed E-state index contributed by atoms with van der Waals surface area (Å²) in [6.45, 7) is 1.62.